The number of hydrogen-bond acceptors (Lipinski definition) is 2. The van der Waals surface area contributed by atoms with Crippen LogP contribution in [0.5, 0.6) is 0 Å². The van der Waals surface area contributed by atoms with E-state index in [2.05, 4.69) is 53.0 Å². The molecule has 0 saturated carbocycles. The van der Waals surface area contributed by atoms with Gasteiger partial charge < -0.3 is 9.64 Å². The summed E-state index contributed by atoms with van der Waals surface area (Å²) < 4.78 is 5.47. The van der Waals surface area contributed by atoms with Gasteiger partial charge in [0, 0.05) is 25.9 Å². The zero-order valence-electron chi connectivity index (χ0n) is 32.0. The SMILES string of the molecule is C=C(CCC(C)(C)CCC(C)(C)COC)N(CCCCCCCCCCCCCC)CCCCCCCCCCCCCC. The van der Waals surface area contributed by atoms with Gasteiger partial charge in [0.25, 0.3) is 0 Å². The lowest BCUT2D eigenvalue weighted by Crippen LogP contribution is -2.27. The van der Waals surface area contributed by atoms with E-state index in [0.29, 0.717) is 5.41 Å². The zero-order chi connectivity index (χ0) is 32.8. The Morgan fingerprint density at radius 1 is 0.477 bits per heavy atom. The summed E-state index contributed by atoms with van der Waals surface area (Å²) in [5, 5.41) is 0. The molecule has 0 spiro atoms. The lowest BCUT2D eigenvalue weighted by Gasteiger charge is -2.33. The van der Waals surface area contributed by atoms with Gasteiger partial charge in [-0.15, -0.1) is 0 Å². The van der Waals surface area contributed by atoms with Gasteiger partial charge in [-0.05, 0) is 49.4 Å². The molecule has 0 aliphatic rings. The van der Waals surface area contributed by atoms with Gasteiger partial charge in [0.15, 0.2) is 0 Å². The highest BCUT2D eigenvalue weighted by Crippen LogP contribution is 2.35. The molecular formula is C42H85NO. The van der Waals surface area contributed by atoms with Crippen molar-refractivity contribution in [1.82, 2.24) is 4.90 Å². The van der Waals surface area contributed by atoms with E-state index >= 15 is 0 Å². The third kappa shape index (κ3) is 28.9. The molecule has 44 heavy (non-hydrogen) atoms. The Labute approximate surface area is 280 Å². The van der Waals surface area contributed by atoms with Crippen LogP contribution in [-0.2, 0) is 4.74 Å². The Morgan fingerprint density at radius 2 is 0.795 bits per heavy atom. The lowest BCUT2D eigenvalue weighted by molar-refractivity contribution is 0.0859. The predicted molar refractivity (Wildman–Crippen MR) is 201 cm³/mol. The Kier molecular flexibility index (Phi) is 29.5. The van der Waals surface area contributed by atoms with Crippen LogP contribution < -0.4 is 0 Å². The minimum atomic E-state index is 0.262. The summed E-state index contributed by atoms with van der Waals surface area (Å²) in [7, 11) is 1.83. The van der Waals surface area contributed by atoms with Crippen LogP contribution in [0.1, 0.15) is 221 Å². The Hall–Kier alpha value is -0.500. The molecule has 0 aromatic rings. The van der Waals surface area contributed by atoms with Crippen molar-refractivity contribution in [2.45, 2.75) is 221 Å². The fourth-order valence-corrected chi connectivity index (χ4v) is 6.62. The molecule has 2 nitrogen and oxygen atoms in total. The minimum Gasteiger partial charge on any atom is -0.384 e. The van der Waals surface area contributed by atoms with Gasteiger partial charge in [-0.3, -0.25) is 0 Å². The maximum Gasteiger partial charge on any atom is 0.0513 e. The zero-order valence-corrected chi connectivity index (χ0v) is 32.0. The van der Waals surface area contributed by atoms with Crippen LogP contribution in [-0.4, -0.2) is 31.7 Å². The third-order valence-electron chi connectivity index (χ3n) is 10.1. The molecule has 0 heterocycles. The van der Waals surface area contributed by atoms with Crippen molar-refractivity contribution < 1.29 is 4.74 Å². The van der Waals surface area contributed by atoms with Gasteiger partial charge in [-0.2, -0.15) is 0 Å². The molecular weight excluding hydrogens is 534 g/mol. The first-order valence-electron chi connectivity index (χ1n) is 20.1. The molecule has 0 atom stereocenters. The molecule has 0 bridgehead atoms. The summed E-state index contributed by atoms with van der Waals surface area (Å²) >= 11 is 0. The van der Waals surface area contributed by atoms with Crippen molar-refractivity contribution in [3.05, 3.63) is 12.3 Å². The van der Waals surface area contributed by atoms with Gasteiger partial charge in [0.1, 0.15) is 0 Å². The van der Waals surface area contributed by atoms with Gasteiger partial charge in [0.05, 0.1) is 6.61 Å². The number of methoxy groups -OCH3 is 1. The van der Waals surface area contributed by atoms with E-state index in [9.17, 15) is 0 Å². The number of nitrogens with zero attached hydrogens (tertiary/aromatic N) is 1. The Bertz CT molecular complexity index is 581. The van der Waals surface area contributed by atoms with E-state index in [1.54, 1.807) is 0 Å². The second-order valence-electron chi connectivity index (χ2n) is 16.1. The first kappa shape index (κ1) is 43.5. The molecule has 0 saturated heterocycles. The smallest absolute Gasteiger partial charge is 0.0513 e. The van der Waals surface area contributed by atoms with E-state index in [0.717, 1.165) is 13.0 Å². The Morgan fingerprint density at radius 3 is 1.14 bits per heavy atom. The second kappa shape index (κ2) is 29.9. The molecule has 264 valence electrons. The summed E-state index contributed by atoms with van der Waals surface area (Å²) in [6.07, 6.45) is 39.0. The topological polar surface area (TPSA) is 12.5 Å². The molecule has 0 amide bonds. The highest BCUT2D eigenvalue weighted by molar-refractivity contribution is 4.95. The summed E-state index contributed by atoms with van der Waals surface area (Å²) in [6.45, 7) is 22.2. The lowest BCUT2D eigenvalue weighted by atomic mass is 9.77. The van der Waals surface area contributed by atoms with Crippen LogP contribution in [0.4, 0.5) is 0 Å². The second-order valence-corrected chi connectivity index (χ2v) is 16.1. The number of ether oxygens (including phenoxy) is 1. The van der Waals surface area contributed by atoms with E-state index in [1.165, 1.54) is 192 Å². The number of rotatable bonds is 35. The molecule has 0 aliphatic heterocycles. The maximum atomic E-state index is 5.47. The predicted octanol–water partition coefficient (Wildman–Crippen LogP) is 14.5. The minimum absolute atomic E-state index is 0.262. The van der Waals surface area contributed by atoms with Crippen LogP contribution in [0, 0.1) is 10.8 Å². The van der Waals surface area contributed by atoms with Crippen molar-refractivity contribution in [1.29, 1.82) is 0 Å². The number of allylic oxidation sites excluding steroid dienone is 1. The third-order valence-corrected chi connectivity index (χ3v) is 10.1. The van der Waals surface area contributed by atoms with Gasteiger partial charge in [-0.1, -0.05) is 189 Å². The van der Waals surface area contributed by atoms with Crippen LogP contribution in [0.15, 0.2) is 12.3 Å². The van der Waals surface area contributed by atoms with E-state index in [-0.39, 0.29) is 5.41 Å². The quantitative estimate of drug-likeness (QED) is 0.0654. The van der Waals surface area contributed by atoms with Gasteiger partial charge >= 0.3 is 0 Å². The molecule has 0 aliphatic carbocycles. The van der Waals surface area contributed by atoms with Crippen molar-refractivity contribution in [3.8, 4) is 0 Å². The van der Waals surface area contributed by atoms with Crippen LogP contribution >= 0.6 is 0 Å². The summed E-state index contributed by atoms with van der Waals surface area (Å²) in [6, 6.07) is 0. The maximum absolute atomic E-state index is 5.47. The van der Waals surface area contributed by atoms with Crippen molar-refractivity contribution in [3.63, 3.8) is 0 Å². The van der Waals surface area contributed by atoms with Gasteiger partial charge in [-0.25, -0.2) is 0 Å². The molecule has 0 unspecified atom stereocenters. The van der Waals surface area contributed by atoms with E-state index in [1.807, 2.05) is 7.11 Å². The molecule has 0 radical (unpaired) electrons. The average molecular weight is 620 g/mol. The number of hydrogen-bond donors (Lipinski definition) is 0. The van der Waals surface area contributed by atoms with Crippen molar-refractivity contribution in [2.24, 2.45) is 10.8 Å². The summed E-state index contributed by atoms with van der Waals surface area (Å²) in [5.41, 5.74) is 2.02. The molecule has 0 aromatic carbocycles. The monoisotopic (exact) mass is 620 g/mol. The van der Waals surface area contributed by atoms with Gasteiger partial charge in [0.2, 0.25) is 0 Å². The highest BCUT2D eigenvalue weighted by atomic mass is 16.5. The van der Waals surface area contributed by atoms with Crippen molar-refractivity contribution in [2.75, 3.05) is 26.8 Å². The number of unbranched alkanes of at least 4 members (excludes halogenated alkanes) is 22. The largest absolute Gasteiger partial charge is 0.384 e. The normalized spacial score (nSPS) is 12.2. The average Bonchev–Trinajstić information content (AvgIpc) is 2.99. The van der Waals surface area contributed by atoms with Crippen LogP contribution in [0.25, 0.3) is 0 Å². The van der Waals surface area contributed by atoms with Crippen LogP contribution in [0.2, 0.25) is 0 Å². The van der Waals surface area contributed by atoms with Crippen LogP contribution in [0.3, 0.4) is 0 Å². The molecule has 0 rings (SSSR count). The van der Waals surface area contributed by atoms with E-state index in [4.69, 9.17) is 4.74 Å². The first-order chi connectivity index (χ1) is 21.2. The fraction of sp³-hybridized carbons (Fsp3) is 0.952. The summed E-state index contributed by atoms with van der Waals surface area (Å²) in [4.78, 5) is 2.69. The molecule has 2 heteroatoms. The standard InChI is InChI=1S/C42H85NO/c1-9-11-13-15-17-19-21-23-25-27-29-31-37-43(38-32-30-28-26-24-22-20-18-16-14-12-10-2)40(3)33-34-41(4,5)35-36-42(6,7)39-44-8/h3,9-39H2,1-2,4-8H3. The molecule has 0 fully saturated rings. The molecule has 0 N–H and O–H groups in total. The highest BCUT2D eigenvalue weighted by Gasteiger charge is 2.25. The van der Waals surface area contributed by atoms with E-state index < -0.39 is 0 Å². The Balaban J connectivity index is 4.41. The fourth-order valence-electron chi connectivity index (χ4n) is 6.62. The molecule has 0 aromatic heterocycles. The summed E-state index contributed by atoms with van der Waals surface area (Å²) in [5.74, 6) is 0. The first-order valence-corrected chi connectivity index (χ1v) is 20.1. The van der Waals surface area contributed by atoms with Crippen molar-refractivity contribution >= 4 is 0 Å².